The van der Waals surface area contributed by atoms with Gasteiger partial charge in [0.1, 0.15) is 6.61 Å². The minimum absolute atomic E-state index is 0.0490. The van der Waals surface area contributed by atoms with Crippen LogP contribution in [0.4, 0.5) is 0 Å². The van der Waals surface area contributed by atoms with Crippen LogP contribution >= 0.6 is 0 Å². The van der Waals surface area contributed by atoms with E-state index in [0.29, 0.717) is 6.61 Å². The summed E-state index contributed by atoms with van der Waals surface area (Å²) >= 11 is 0. The number of carboxylic acid groups (broad SMARTS) is 1. The van der Waals surface area contributed by atoms with E-state index >= 15 is 0 Å². The summed E-state index contributed by atoms with van der Waals surface area (Å²) in [6.45, 7) is 6.03. The highest BCUT2D eigenvalue weighted by Crippen LogP contribution is 2.22. The van der Waals surface area contributed by atoms with Crippen molar-refractivity contribution in [2.45, 2.75) is 38.8 Å². The lowest BCUT2D eigenvalue weighted by Crippen LogP contribution is -2.58. The van der Waals surface area contributed by atoms with Gasteiger partial charge >= 0.3 is 5.97 Å². The van der Waals surface area contributed by atoms with Crippen LogP contribution in [0.1, 0.15) is 27.2 Å². The molecule has 0 spiro atoms. The molecule has 1 atom stereocenters. The number of rotatable bonds is 2. The van der Waals surface area contributed by atoms with Gasteiger partial charge < -0.3 is 14.7 Å². The molecule has 0 aromatic heterocycles. The molecule has 0 radical (unpaired) electrons. The maximum atomic E-state index is 11.6. The molecule has 1 unspecified atom stereocenters. The van der Waals surface area contributed by atoms with Gasteiger partial charge in [-0.15, -0.1) is 0 Å². The summed E-state index contributed by atoms with van der Waals surface area (Å²) in [5, 5.41) is 8.74. The van der Waals surface area contributed by atoms with E-state index in [1.165, 1.54) is 0 Å². The van der Waals surface area contributed by atoms with Crippen molar-refractivity contribution < 1.29 is 19.4 Å². The maximum Gasteiger partial charge on any atom is 0.305 e. The number of carbonyl (C=O) groups is 2. The molecule has 1 N–H and O–H groups in total. The number of hydrogen-bond donors (Lipinski definition) is 1. The van der Waals surface area contributed by atoms with Crippen LogP contribution < -0.4 is 0 Å². The second kappa shape index (κ2) is 4.18. The zero-order chi connectivity index (χ0) is 11.6. The van der Waals surface area contributed by atoms with Crippen molar-refractivity contribution in [1.29, 1.82) is 0 Å². The van der Waals surface area contributed by atoms with Gasteiger partial charge in [-0.2, -0.15) is 0 Å². The smallest absolute Gasteiger partial charge is 0.305 e. The summed E-state index contributed by atoms with van der Waals surface area (Å²) < 4.78 is 5.07. The maximum absolute atomic E-state index is 11.6. The average molecular weight is 215 g/mol. The fourth-order valence-electron chi connectivity index (χ4n) is 1.90. The molecule has 15 heavy (non-hydrogen) atoms. The molecule has 0 saturated carbocycles. The van der Waals surface area contributed by atoms with E-state index in [1.54, 1.807) is 4.90 Å². The lowest BCUT2D eigenvalue weighted by Gasteiger charge is -2.43. The molecule has 1 fully saturated rings. The van der Waals surface area contributed by atoms with Gasteiger partial charge in [0.25, 0.3) is 0 Å². The Hall–Kier alpha value is -1.10. The summed E-state index contributed by atoms with van der Waals surface area (Å²) in [5.41, 5.74) is -0.360. The molecule has 86 valence electrons. The molecule has 1 aliphatic heterocycles. The van der Waals surface area contributed by atoms with Crippen molar-refractivity contribution in [3.05, 3.63) is 0 Å². The minimum atomic E-state index is -0.910. The Labute approximate surface area is 89.0 Å². The summed E-state index contributed by atoms with van der Waals surface area (Å²) in [6.07, 6.45) is -0.0665. The molecule has 1 aliphatic rings. The first-order chi connectivity index (χ1) is 6.82. The average Bonchev–Trinajstić information content (AvgIpc) is 1.99. The monoisotopic (exact) mass is 215 g/mol. The van der Waals surface area contributed by atoms with Crippen LogP contribution in [-0.4, -0.2) is 46.7 Å². The van der Waals surface area contributed by atoms with E-state index in [9.17, 15) is 9.59 Å². The van der Waals surface area contributed by atoms with Gasteiger partial charge in [0.05, 0.1) is 19.1 Å². The first-order valence-electron chi connectivity index (χ1n) is 4.94. The summed E-state index contributed by atoms with van der Waals surface area (Å²) in [5.74, 6) is -1.05. The Morgan fingerprint density at radius 1 is 1.60 bits per heavy atom. The van der Waals surface area contributed by atoms with Crippen LogP contribution in [0.15, 0.2) is 0 Å². The summed E-state index contributed by atoms with van der Waals surface area (Å²) in [4.78, 5) is 23.9. The molecule has 0 aromatic rings. The summed E-state index contributed by atoms with van der Waals surface area (Å²) in [7, 11) is 0. The SMILES string of the molecule is CC(C)(C)N1C(=O)COCC1CC(=O)O. The number of ether oxygens (including phenoxy) is 1. The third-order valence-electron chi connectivity index (χ3n) is 2.30. The predicted molar refractivity (Wildman–Crippen MR) is 53.5 cm³/mol. The zero-order valence-electron chi connectivity index (χ0n) is 9.32. The van der Waals surface area contributed by atoms with Gasteiger partial charge in [-0.1, -0.05) is 0 Å². The topological polar surface area (TPSA) is 66.8 Å². The number of carboxylic acids is 1. The molecule has 5 nitrogen and oxygen atoms in total. The van der Waals surface area contributed by atoms with Gasteiger partial charge in [0.2, 0.25) is 5.91 Å². The van der Waals surface area contributed by atoms with E-state index in [-0.39, 0.29) is 30.5 Å². The first kappa shape index (κ1) is 12.0. The summed E-state index contributed by atoms with van der Waals surface area (Å²) in [6, 6.07) is -0.358. The Morgan fingerprint density at radius 2 is 2.20 bits per heavy atom. The van der Waals surface area contributed by atoms with Crippen molar-refractivity contribution >= 4 is 11.9 Å². The lowest BCUT2D eigenvalue weighted by molar-refractivity contribution is -0.159. The first-order valence-corrected chi connectivity index (χ1v) is 4.94. The Bertz CT molecular complexity index is 269. The quantitative estimate of drug-likeness (QED) is 0.727. The number of amides is 1. The Balaban J connectivity index is 2.82. The highest BCUT2D eigenvalue weighted by molar-refractivity contribution is 5.80. The highest BCUT2D eigenvalue weighted by atomic mass is 16.5. The van der Waals surface area contributed by atoms with Gasteiger partial charge in [-0.05, 0) is 20.8 Å². The number of carbonyl (C=O) groups excluding carboxylic acids is 1. The van der Waals surface area contributed by atoms with Crippen molar-refractivity contribution in [2.24, 2.45) is 0 Å². The zero-order valence-corrected chi connectivity index (χ0v) is 9.32. The molecule has 5 heteroatoms. The molecule has 0 aromatic carbocycles. The van der Waals surface area contributed by atoms with Crippen LogP contribution in [0.5, 0.6) is 0 Å². The standard InChI is InChI=1S/C10H17NO4/c1-10(2,3)11-7(4-9(13)14)5-15-6-8(11)12/h7H,4-6H2,1-3H3,(H,13,14). The van der Waals surface area contributed by atoms with E-state index < -0.39 is 5.97 Å². The van der Waals surface area contributed by atoms with Crippen LogP contribution in [0.25, 0.3) is 0 Å². The molecular formula is C10H17NO4. The molecule has 1 heterocycles. The molecule has 1 rings (SSSR count). The molecule has 0 bridgehead atoms. The second-order valence-corrected chi connectivity index (χ2v) is 4.70. The van der Waals surface area contributed by atoms with E-state index in [2.05, 4.69) is 0 Å². The third-order valence-corrected chi connectivity index (χ3v) is 2.30. The molecule has 1 saturated heterocycles. The number of aliphatic carboxylic acids is 1. The minimum Gasteiger partial charge on any atom is -0.481 e. The largest absolute Gasteiger partial charge is 0.481 e. The van der Waals surface area contributed by atoms with Crippen LogP contribution in [0, 0.1) is 0 Å². The molecule has 1 amide bonds. The molecular weight excluding hydrogens is 198 g/mol. The fourth-order valence-corrected chi connectivity index (χ4v) is 1.90. The van der Waals surface area contributed by atoms with Crippen molar-refractivity contribution in [3.8, 4) is 0 Å². The van der Waals surface area contributed by atoms with Gasteiger partial charge in [-0.3, -0.25) is 9.59 Å². The van der Waals surface area contributed by atoms with Crippen molar-refractivity contribution in [2.75, 3.05) is 13.2 Å². The molecule has 0 aliphatic carbocycles. The van der Waals surface area contributed by atoms with Crippen molar-refractivity contribution in [3.63, 3.8) is 0 Å². The second-order valence-electron chi connectivity index (χ2n) is 4.70. The third kappa shape index (κ3) is 2.92. The predicted octanol–water partition coefficient (Wildman–Crippen LogP) is 0.487. The van der Waals surface area contributed by atoms with Gasteiger partial charge in [-0.25, -0.2) is 0 Å². The lowest BCUT2D eigenvalue weighted by atomic mass is 10.00. The van der Waals surface area contributed by atoms with Gasteiger partial charge in [0.15, 0.2) is 0 Å². The number of nitrogens with zero attached hydrogens (tertiary/aromatic N) is 1. The van der Waals surface area contributed by atoms with Gasteiger partial charge in [0, 0.05) is 5.54 Å². The van der Waals surface area contributed by atoms with E-state index in [1.807, 2.05) is 20.8 Å². The fraction of sp³-hybridized carbons (Fsp3) is 0.800. The number of morpholine rings is 1. The van der Waals surface area contributed by atoms with E-state index in [4.69, 9.17) is 9.84 Å². The Kier molecular flexibility index (Phi) is 3.34. The van der Waals surface area contributed by atoms with Crippen LogP contribution in [0.3, 0.4) is 0 Å². The normalized spacial score (nSPS) is 23.0. The Morgan fingerprint density at radius 3 is 2.67 bits per heavy atom. The van der Waals surface area contributed by atoms with Crippen molar-refractivity contribution in [1.82, 2.24) is 4.90 Å². The van der Waals surface area contributed by atoms with Crippen LogP contribution in [-0.2, 0) is 14.3 Å². The van der Waals surface area contributed by atoms with Crippen LogP contribution in [0.2, 0.25) is 0 Å². The van der Waals surface area contributed by atoms with E-state index in [0.717, 1.165) is 0 Å². The highest BCUT2D eigenvalue weighted by Gasteiger charge is 2.37. The number of hydrogen-bond acceptors (Lipinski definition) is 3.